The lowest BCUT2D eigenvalue weighted by Gasteiger charge is -2.40. The van der Waals surface area contributed by atoms with Crippen LogP contribution in [0.4, 0.5) is 0 Å². The maximum atomic E-state index is 10.9. The first-order valence-electron chi connectivity index (χ1n) is 5.28. The Balaban J connectivity index is 2.55. The molecule has 0 aromatic carbocycles. The van der Waals surface area contributed by atoms with Crippen molar-refractivity contribution in [3.63, 3.8) is 0 Å². The lowest BCUT2D eigenvalue weighted by atomic mass is 10.0. The molecule has 0 aliphatic carbocycles. The number of nitrogens with zero attached hydrogens (tertiary/aromatic N) is 2. The van der Waals surface area contributed by atoms with Crippen molar-refractivity contribution >= 4 is 5.97 Å². The van der Waals surface area contributed by atoms with E-state index in [4.69, 9.17) is 10.8 Å². The van der Waals surface area contributed by atoms with Crippen LogP contribution in [0.2, 0.25) is 0 Å². The molecular weight excluding hydrogens is 194 g/mol. The maximum Gasteiger partial charge on any atom is 0.324 e. The molecule has 0 radical (unpaired) electrons. The van der Waals surface area contributed by atoms with E-state index in [0.29, 0.717) is 12.6 Å². The Bertz CT molecular complexity index is 243. The number of carboxylic acids is 1. The van der Waals surface area contributed by atoms with Crippen molar-refractivity contribution in [2.75, 3.05) is 33.2 Å². The molecular formula is C10H21N3O2. The predicted molar refractivity (Wildman–Crippen MR) is 58.8 cm³/mol. The molecule has 0 aromatic heterocycles. The van der Waals surface area contributed by atoms with Crippen LogP contribution < -0.4 is 5.73 Å². The van der Waals surface area contributed by atoms with Crippen LogP contribution in [-0.2, 0) is 4.79 Å². The fraction of sp³-hybridized carbons (Fsp3) is 0.900. The quantitative estimate of drug-likeness (QED) is 0.659. The van der Waals surface area contributed by atoms with Gasteiger partial charge in [-0.05, 0) is 20.9 Å². The van der Waals surface area contributed by atoms with Crippen LogP contribution in [0.1, 0.15) is 13.8 Å². The zero-order valence-corrected chi connectivity index (χ0v) is 9.73. The van der Waals surface area contributed by atoms with Gasteiger partial charge in [-0.1, -0.05) is 0 Å². The van der Waals surface area contributed by atoms with Crippen molar-refractivity contribution in [3.8, 4) is 0 Å². The van der Waals surface area contributed by atoms with E-state index in [9.17, 15) is 4.79 Å². The van der Waals surface area contributed by atoms with E-state index in [1.807, 2.05) is 0 Å². The minimum Gasteiger partial charge on any atom is -0.480 e. The van der Waals surface area contributed by atoms with Gasteiger partial charge < -0.3 is 15.7 Å². The summed E-state index contributed by atoms with van der Waals surface area (Å²) in [5.74, 6) is -0.936. The minimum absolute atomic E-state index is 0.367. The van der Waals surface area contributed by atoms with Crippen LogP contribution in [0.25, 0.3) is 0 Å². The molecule has 3 N–H and O–H groups in total. The number of hydrogen-bond acceptors (Lipinski definition) is 4. The fourth-order valence-electron chi connectivity index (χ4n) is 1.90. The topological polar surface area (TPSA) is 69.8 Å². The number of carbonyl (C=O) groups is 1. The number of aliphatic carboxylic acids is 1. The van der Waals surface area contributed by atoms with Crippen LogP contribution in [0.15, 0.2) is 0 Å². The van der Waals surface area contributed by atoms with Gasteiger partial charge in [0.15, 0.2) is 0 Å². The summed E-state index contributed by atoms with van der Waals surface area (Å²) in [7, 11) is 2.08. The third kappa shape index (κ3) is 3.15. The second-order valence-electron chi connectivity index (χ2n) is 4.80. The molecule has 1 rings (SSSR count). The Hall–Kier alpha value is -0.650. The molecule has 0 amide bonds. The predicted octanol–water partition coefficient (Wildman–Crippen LogP) is -0.576. The Kier molecular flexibility index (Phi) is 3.70. The summed E-state index contributed by atoms with van der Waals surface area (Å²) in [6.07, 6.45) is 0. The summed E-state index contributed by atoms with van der Waals surface area (Å²) in [6.45, 7) is 6.92. The van der Waals surface area contributed by atoms with Crippen molar-refractivity contribution in [3.05, 3.63) is 0 Å². The molecule has 88 valence electrons. The molecule has 1 aliphatic heterocycles. The van der Waals surface area contributed by atoms with Gasteiger partial charge in [0.2, 0.25) is 0 Å². The zero-order valence-electron chi connectivity index (χ0n) is 9.73. The third-order valence-corrected chi connectivity index (χ3v) is 2.99. The molecule has 0 saturated carbocycles. The second-order valence-corrected chi connectivity index (χ2v) is 4.80. The molecule has 1 saturated heterocycles. The lowest BCUT2D eigenvalue weighted by Crippen LogP contribution is -2.59. The molecule has 2 unspecified atom stereocenters. The SMILES string of the molecule is CC1CN(C)CCN1CC(C)(N)C(=O)O. The first-order chi connectivity index (χ1) is 6.83. The van der Waals surface area contributed by atoms with Crippen molar-refractivity contribution in [2.24, 2.45) is 5.73 Å². The highest BCUT2D eigenvalue weighted by Gasteiger charge is 2.33. The summed E-state index contributed by atoms with van der Waals surface area (Å²) in [6, 6.07) is 0.367. The number of piperazine rings is 1. The van der Waals surface area contributed by atoms with Crippen LogP contribution in [-0.4, -0.2) is 65.7 Å². The van der Waals surface area contributed by atoms with Crippen molar-refractivity contribution in [1.29, 1.82) is 0 Å². The molecule has 15 heavy (non-hydrogen) atoms. The standard InChI is InChI=1S/C10H21N3O2/c1-8-6-12(3)4-5-13(8)7-10(2,11)9(14)15/h8H,4-7,11H2,1-3H3,(H,14,15). The van der Waals surface area contributed by atoms with Gasteiger partial charge in [-0.25, -0.2) is 0 Å². The van der Waals surface area contributed by atoms with Crippen LogP contribution in [0.5, 0.6) is 0 Å². The van der Waals surface area contributed by atoms with E-state index < -0.39 is 11.5 Å². The lowest BCUT2D eigenvalue weighted by molar-refractivity contribution is -0.143. The number of likely N-dealkylation sites (N-methyl/N-ethyl adjacent to an activating group) is 1. The van der Waals surface area contributed by atoms with Crippen LogP contribution in [0.3, 0.4) is 0 Å². The molecule has 1 aliphatic rings. The van der Waals surface area contributed by atoms with Gasteiger partial charge in [-0.3, -0.25) is 9.69 Å². The average Bonchev–Trinajstić information content (AvgIpc) is 2.09. The Labute approximate surface area is 90.8 Å². The van der Waals surface area contributed by atoms with Crippen LogP contribution in [0, 0.1) is 0 Å². The zero-order chi connectivity index (χ0) is 11.6. The van der Waals surface area contributed by atoms with Gasteiger partial charge in [-0.15, -0.1) is 0 Å². The van der Waals surface area contributed by atoms with E-state index in [1.54, 1.807) is 6.92 Å². The molecule has 5 heteroatoms. The fourth-order valence-corrected chi connectivity index (χ4v) is 1.90. The third-order valence-electron chi connectivity index (χ3n) is 2.99. The minimum atomic E-state index is -1.15. The van der Waals surface area contributed by atoms with Gasteiger partial charge in [0.25, 0.3) is 0 Å². The Morgan fingerprint density at radius 2 is 2.20 bits per heavy atom. The van der Waals surface area contributed by atoms with Crippen molar-refractivity contribution < 1.29 is 9.90 Å². The highest BCUT2D eigenvalue weighted by Crippen LogP contribution is 2.12. The van der Waals surface area contributed by atoms with Gasteiger partial charge in [0.1, 0.15) is 5.54 Å². The monoisotopic (exact) mass is 215 g/mol. The second kappa shape index (κ2) is 4.47. The smallest absolute Gasteiger partial charge is 0.324 e. The normalized spacial score (nSPS) is 28.7. The highest BCUT2D eigenvalue weighted by molar-refractivity contribution is 5.78. The van der Waals surface area contributed by atoms with E-state index in [-0.39, 0.29) is 0 Å². The highest BCUT2D eigenvalue weighted by atomic mass is 16.4. The van der Waals surface area contributed by atoms with E-state index in [0.717, 1.165) is 19.6 Å². The molecule has 1 fully saturated rings. The number of carboxylic acid groups (broad SMARTS) is 1. The van der Waals surface area contributed by atoms with Gasteiger partial charge in [0, 0.05) is 32.2 Å². The Morgan fingerprint density at radius 3 is 2.67 bits per heavy atom. The van der Waals surface area contributed by atoms with Crippen molar-refractivity contribution in [2.45, 2.75) is 25.4 Å². The molecule has 5 nitrogen and oxygen atoms in total. The first kappa shape index (κ1) is 12.4. The van der Waals surface area contributed by atoms with Crippen molar-refractivity contribution in [1.82, 2.24) is 9.80 Å². The Morgan fingerprint density at radius 1 is 1.60 bits per heavy atom. The molecule has 1 heterocycles. The maximum absolute atomic E-state index is 10.9. The number of rotatable bonds is 3. The van der Waals surface area contributed by atoms with E-state index >= 15 is 0 Å². The molecule has 2 atom stereocenters. The summed E-state index contributed by atoms with van der Waals surface area (Å²) < 4.78 is 0. The largest absolute Gasteiger partial charge is 0.480 e. The van der Waals surface area contributed by atoms with E-state index in [2.05, 4.69) is 23.8 Å². The first-order valence-corrected chi connectivity index (χ1v) is 5.28. The van der Waals surface area contributed by atoms with Gasteiger partial charge in [0.05, 0.1) is 0 Å². The van der Waals surface area contributed by atoms with Gasteiger partial charge >= 0.3 is 5.97 Å². The molecule has 0 bridgehead atoms. The van der Waals surface area contributed by atoms with Gasteiger partial charge in [-0.2, -0.15) is 0 Å². The van der Waals surface area contributed by atoms with E-state index in [1.165, 1.54) is 0 Å². The summed E-state index contributed by atoms with van der Waals surface area (Å²) in [4.78, 5) is 15.3. The number of hydrogen-bond donors (Lipinski definition) is 2. The summed E-state index contributed by atoms with van der Waals surface area (Å²) in [5.41, 5.74) is 4.58. The van der Waals surface area contributed by atoms with Crippen LogP contribution >= 0.6 is 0 Å². The summed E-state index contributed by atoms with van der Waals surface area (Å²) in [5, 5.41) is 8.95. The molecule has 0 spiro atoms. The number of nitrogens with two attached hydrogens (primary N) is 1. The average molecular weight is 215 g/mol. The summed E-state index contributed by atoms with van der Waals surface area (Å²) >= 11 is 0. The molecule has 0 aromatic rings.